The Morgan fingerprint density at radius 2 is 1.68 bits per heavy atom. The first-order valence-electron chi connectivity index (χ1n) is 5.77. The van der Waals surface area contributed by atoms with E-state index in [1.807, 2.05) is 0 Å². The lowest BCUT2D eigenvalue weighted by Crippen LogP contribution is -2.36. The molecule has 124 valence electrons. The molecule has 1 rings (SSSR count). The number of hydrogen-bond donors (Lipinski definition) is 0. The summed E-state index contributed by atoms with van der Waals surface area (Å²) >= 11 is 0. The van der Waals surface area contributed by atoms with Crippen LogP contribution in [0.25, 0.3) is 0 Å². The Labute approximate surface area is 119 Å². The molecule has 0 radical (unpaired) electrons. The van der Waals surface area contributed by atoms with Gasteiger partial charge in [0.05, 0.1) is 11.5 Å². The van der Waals surface area contributed by atoms with Gasteiger partial charge < -0.3 is 9.47 Å². The maximum absolute atomic E-state index is 12.0. The second kappa shape index (κ2) is 6.36. The number of aliphatic imine (C=N–C) groups is 1. The molecule has 1 aliphatic heterocycles. The first-order chi connectivity index (χ1) is 9.94. The fourth-order valence-corrected chi connectivity index (χ4v) is 1.86. The first kappa shape index (κ1) is 18.0. The SMILES string of the molecule is CCC1C(C(=O)OC(F)(F)F)=CN=CC1C(=O)OC(F)(F)F. The Morgan fingerprint density at radius 3 is 2.14 bits per heavy atom. The van der Waals surface area contributed by atoms with Gasteiger partial charge in [-0.05, 0) is 6.42 Å². The van der Waals surface area contributed by atoms with Crippen LogP contribution in [0.2, 0.25) is 0 Å². The summed E-state index contributed by atoms with van der Waals surface area (Å²) < 4.78 is 78.5. The summed E-state index contributed by atoms with van der Waals surface area (Å²) in [4.78, 5) is 26.1. The van der Waals surface area contributed by atoms with Gasteiger partial charge in [0.2, 0.25) is 0 Å². The number of carbonyl (C=O) groups excluding carboxylic acids is 2. The van der Waals surface area contributed by atoms with Gasteiger partial charge in [0, 0.05) is 18.3 Å². The number of rotatable bonds is 3. The van der Waals surface area contributed by atoms with Crippen molar-refractivity contribution in [1.29, 1.82) is 0 Å². The first-order valence-corrected chi connectivity index (χ1v) is 5.77. The van der Waals surface area contributed by atoms with Crippen LogP contribution in [0.3, 0.4) is 0 Å². The maximum Gasteiger partial charge on any atom is 0.575 e. The van der Waals surface area contributed by atoms with Crippen LogP contribution >= 0.6 is 0 Å². The molecule has 0 bridgehead atoms. The number of carbonyl (C=O) groups is 2. The van der Waals surface area contributed by atoms with E-state index in [4.69, 9.17) is 0 Å². The van der Waals surface area contributed by atoms with Crippen LogP contribution in [-0.2, 0) is 19.1 Å². The van der Waals surface area contributed by atoms with Gasteiger partial charge in [0.1, 0.15) is 0 Å². The Kier molecular flexibility index (Phi) is 5.20. The molecule has 0 aliphatic carbocycles. The normalized spacial score (nSPS) is 22.0. The van der Waals surface area contributed by atoms with Gasteiger partial charge >= 0.3 is 24.7 Å². The molecule has 5 nitrogen and oxygen atoms in total. The fraction of sp³-hybridized carbons (Fsp3) is 0.545. The van der Waals surface area contributed by atoms with Crippen LogP contribution in [-0.4, -0.2) is 30.9 Å². The molecule has 2 atom stereocenters. The fourth-order valence-electron chi connectivity index (χ4n) is 1.86. The lowest BCUT2D eigenvalue weighted by molar-refractivity contribution is -0.307. The van der Waals surface area contributed by atoms with Crippen LogP contribution in [0.5, 0.6) is 0 Å². The summed E-state index contributed by atoms with van der Waals surface area (Å²) in [6, 6.07) is 0. The van der Waals surface area contributed by atoms with Gasteiger partial charge in [-0.2, -0.15) is 0 Å². The van der Waals surface area contributed by atoms with Gasteiger partial charge in [0.15, 0.2) is 0 Å². The molecule has 22 heavy (non-hydrogen) atoms. The van der Waals surface area contributed by atoms with E-state index in [0.29, 0.717) is 6.20 Å². The van der Waals surface area contributed by atoms with E-state index in [1.54, 1.807) is 0 Å². The Bertz CT molecular complexity index is 508. The van der Waals surface area contributed by atoms with Gasteiger partial charge in [-0.25, -0.2) is 4.79 Å². The van der Waals surface area contributed by atoms with E-state index < -0.39 is 42.1 Å². The van der Waals surface area contributed by atoms with Crippen molar-refractivity contribution < 1.29 is 45.4 Å². The van der Waals surface area contributed by atoms with Crippen LogP contribution in [0, 0.1) is 11.8 Å². The van der Waals surface area contributed by atoms with Gasteiger partial charge in [0.25, 0.3) is 0 Å². The standard InChI is InChI=1S/C11H9F6NO4/c1-2-5-6(8(19)21-10(12,13)14)3-18-4-7(5)9(20)22-11(15,16)17/h3-6H,2H2,1H3. The van der Waals surface area contributed by atoms with E-state index in [2.05, 4.69) is 14.5 Å². The third-order valence-corrected chi connectivity index (χ3v) is 2.67. The van der Waals surface area contributed by atoms with Crippen molar-refractivity contribution in [2.45, 2.75) is 26.1 Å². The second-order valence-electron chi connectivity index (χ2n) is 4.13. The van der Waals surface area contributed by atoms with Crippen molar-refractivity contribution >= 4 is 18.2 Å². The van der Waals surface area contributed by atoms with E-state index in [-0.39, 0.29) is 6.42 Å². The highest BCUT2D eigenvalue weighted by Gasteiger charge is 2.43. The van der Waals surface area contributed by atoms with Crippen molar-refractivity contribution in [3.63, 3.8) is 0 Å². The Morgan fingerprint density at radius 1 is 1.14 bits per heavy atom. The Balaban J connectivity index is 2.94. The van der Waals surface area contributed by atoms with Crippen molar-refractivity contribution in [2.75, 3.05) is 0 Å². The molecule has 0 N–H and O–H groups in total. The zero-order valence-corrected chi connectivity index (χ0v) is 10.9. The molecule has 1 heterocycles. The third kappa shape index (κ3) is 5.04. The molecular weight excluding hydrogens is 324 g/mol. The minimum Gasteiger partial charge on any atom is -0.372 e. The predicted molar refractivity (Wildman–Crippen MR) is 58.1 cm³/mol. The number of ether oxygens (including phenoxy) is 2. The number of esters is 2. The predicted octanol–water partition coefficient (Wildman–Crippen LogP) is 2.72. The minimum atomic E-state index is -5.26. The van der Waals surface area contributed by atoms with E-state index in [1.165, 1.54) is 6.92 Å². The third-order valence-electron chi connectivity index (χ3n) is 2.67. The Hall–Kier alpha value is -2.07. The summed E-state index contributed by atoms with van der Waals surface area (Å²) in [7, 11) is 0. The molecule has 0 saturated carbocycles. The molecule has 0 fully saturated rings. The molecule has 0 aromatic carbocycles. The van der Waals surface area contributed by atoms with E-state index >= 15 is 0 Å². The lowest BCUT2D eigenvalue weighted by atomic mass is 9.83. The summed E-state index contributed by atoms with van der Waals surface area (Å²) in [5.74, 6) is -6.52. The second-order valence-corrected chi connectivity index (χ2v) is 4.13. The summed E-state index contributed by atoms with van der Waals surface area (Å²) in [5, 5.41) is 0. The summed E-state index contributed by atoms with van der Waals surface area (Å²) in [5.41, 5.74) is -0.661. The highest BCUT2D eigenvalue weighted by Crippen LogP contribution is 2.32. The molecule has 11 heteroatoms. The number of hydrogen-bond acceptors (Lipinski definition) is 5. The average Bonchev–Trinajstić information content (AvgIpc) is 2.33. The lowest BCUT2D eigenvalue weighted by Gasteiger charge is -2.25. The van der Waals surface area contributed by atoms with E-state index in [9.17, 15) is 35.9 Å². The average molecular weight is 333 g/mol. The quantitative estimate of drug-likeness (QED) is 0.588. The van der Waals surface area contributed by atoms with Crippen LogP contribution in [0.1, 0.15) is 13.3 Å². The molecule has 0 aromatic heterocycles. The number of halogens is 6. The zero-order chi connectivity index (χ0) is 17.1. The van der Waals surface area contributed by atoms with Crippen molar-refractivity contribution in [3.8, 4) is 0 Å². The number of nitrogens with zero attached hydrogens (tertiary/aromatic N) is 1. The van der Waals surface area contributed by atoms with Gasteiger partial charge in [-0.1, -0.05) is 6.92 Å². The molecule has 0 amide bonds. The largest absolute Gasteiger partial charge is 0.575 e. The van der Waals surface area contributed by atoms with Crippen LogP contribution in [0.4, 0.5) is 26.3 Å². The smallest absolute Gasteiger partial charge is 0.372 e. The minimum absolute atomic E-state index is 0.109. The molecule has 0 spiro atoms. The molecule has 0 saturated heterocycles. The molecular formula is C11H9F6NO4. The summed E-state index contributed by atoms with van der Waals surface area (Å²) in [6.07, 6.45) is -9.15. The van der Waals surface area contributed by atoms with Gasteiger partial charge in [-0.3, -0.25) is 9.79 Å². The van der Waals surface area contributed by atoms with Crippen molar-refractivity contribution in [1.82, 2.24) is 0 Å². The van der Waals surface area contributed by atoms with Crippen molar-refractivity contribution in [2.24, 2.45) is 16.8 Å². The monoisotopic (exact) mass is 333 g/mol. The summed E-state index contributed by atoms with van der Waals surface area (Å²) in [6.45, 7) is 1.37. The number of alkyl halides is 6. The highest BCUT2D eigenvalue weighted by atomic mass is 19.4. The molecule has 1 aliphatic rings. The zero-order valence-electron chi connectivity index (χ0n) is 10.9. The van der Waals surface area contributed by atoms with Crippen LogP contribution < -0.4 is 0 Å². The van der Waals surface area contributed by atoms with Crippen LogP contribution in [0.15, 0.2) is 16.8 Å². The van der Waals surface area contributed by atoms with E-state index in [0.717, 1.165) is 6.21 Å². The topological polar surface area (TPSA) is 65.0 Å². The van der Waals surface area contributed by atoms with Crippen molar-refractivity contribution in [3.05, 3.63) is 11.8 Å². The highest BCUT2D eigenvalue weighted by molar-refractivity contribution is 5.97. The van der Waals surface area contributed by atoms with Gasteiger partial charge in [-0.15, -0.1) is 26.3 Å². The maximum atomic E-state index is 12.0. The molecule has 2 unspecified atom stereocenters. The molecule has 0 aromatic rings.